The van der Waals surface area contributed by atoms with Gasteiger partial charge in [-0.3, -0.25) is 25.2 Å². The molecule has 0 radical (unpaired) electrons. The lowest BCUT2D eigenvalue weighted by Gasteiger charge is -2.10. The first-order valence-corrected chi connectivity index (χ1v) is 8.15. The molecule has 9 heteroatoms. The van der Waals surface area contributed by atoms with Crippen molar-refractivity contribution in [2.45, 2.75) is 38.8 Å². The van der Waals surface area contributed by atoms with Crippen molar-refractivity contribution in [2.24, 2.45) is 0 Å². The number of aromatic nitrogens is 2. The van der Waals surface area contributed by atoms with Crippen LogP contribution in [-0.4, -0.2) is 40.6 Å². The van der Waals surface area contributed by atoms with Gasteiger partial charge < -0.3 is 4.74 Å². The third-order valence-electron chi connectivity index (χ3n) is 2.90. The monoisotopic (exact) mass is 340 g/mol. The number of thioether (sulfide) groups is 1. The SMILES string of the molecule is CSc1nc(C)c(CCC(=O)OCC(=O)NNC(C)=O)c(C)n1. The van der Waals surface area contributed by atoms with E-state index >= 15 is 0 Å². The number of hydrogen-bond donors (Lipinski definition) is 2. The third kappa shape index (κ3) is 6.64. The molecule has 0 bridgehead atoms. The van der Waals surface area contributed by atoms with E-state index in [4.69, 9.17) is 4.74 Å². The Morgan fingerprint density at radius 1 is 1.13 bits per heavy atom. The first kappa shape index (κ1) is 18.9. The van der Waals surface area contributed by atoms with Gasteiger partial charge in [0, 0.05) is 24.7 Å². The van der Waals surface area contributed by atoms with Crippen LogP contribution in [0.3, 0.4) is 0 Å². The van der Waals surface area contributed by atoms with E-state index in [-0.39, 0.29) is 6.42 Å². The van der Waals surface area contributed by atoms with Crippen molar-refractivity contribution in [1.29, 1.82) is 0 Å². The van der Waals surface area contributed by atoms with Crippen molar-refractivity contribution in [3.8, 4) is 0 Å². The molecule has 0 atom stereocenters. The topological polar surface area (TPSA) is 110 Å². The van der Waals surface area contributed by atoms with Crippen LogP contribution < -0.4 is 10.9 Å². The quantitative estimate of drug-likeness (QED) is 0.335. The Balaban J connectivity index is 2.45. The highest BCUT2D eigenvalue weighted by atomic mass is 32.2. The number of carbonyl (C=O) groups excluding carboxylic acids is 3. The van der Waals surface area contributed by atoms with Crippen molar-refractivity contribution in [3.05, 3.63) is 17.0 Å². The van der Waals surface area contributed by atoms with E-state index < -0.39 is 24.4 Å². The number of nitrogens with one attached hydrogen (secondary N) is 2. The minimum atomic E-state index is -0.603. The van der Waals surface area contributed by atoms with Gasteiger partial charge in [0.25, 0.3) is 5.91 Å². The van der Waals surface area contributed by atoms with E-state index in [1.54, 1.807) is 0 Å². The maximum atomic E-state index is 11.7. The second-order valence-electron chi connectivity index (χ2n) is 4.75. The van der Waals surface area contributed by atoms with Crippen LogP contribution in [0.15, 0.2) is 5.16 Å². The molecule has 0 saturated carbocycles. The van der Waals surface area contributed by atoms with Crippen LogP contribution in [0.1, 0.15) is 30.3 Å². The molecule has 2 N–H and O–H groups in total. The Morgan fingerprint density at radius 3 is 2.26 bits per heavy atom. The van der Waals surface area contributed by atoms with Gasteiger partial charge in [0.2, 0.25) is 5.91 Å². The zero-order valence-corrected chi connectivity index (χ0v) is 14.4. The second kappa shape index (κ2) is 9.09. The number of rotatable bonds is 6. The predicted octanol–water partition coefficient (Wildman–Crippen LogP) is 0.458. The van der Waals surface area contributed by atoms with E-state index in [1.807, 2.05) is 20.1 Å². The molecular formula is C14H20N4O4S. The van der Waals surface area contributed by atoms with Crippen LogP contribution in [0.5, 0.6) is 0 Å². The number of esters is 1. The average molecular weight is 340 g/mol. The fourth-order valence-corrected chi connectivity index (χ4v) is 2.26. The summed E-state index contributed by atoms with van der Waals surface area (Å²) in [7, 11) is 0. The Hall–Kier alpha value is -2.16. The van der Waals surface area contributed by atoms with Crippen molar-refractivity contribution in [3.63, 3.8) is 0 Å². The van der Waals surface area contributed by atoms with Gasteiger partial charge in [-0.1, -0.05) is 11.8 Å². The number of nitrogens with zero attached hydrogens (tertiary/aromatic N) is 2. The van der Waals surface area contributed by atoms with Gasteiger partial charge in [0.05, 0.1) is 0 Å². The van der Waals surface area contributed by atoms with Crippen LogP contribution in [0.2, 0.25) is 0 Å². The normalized spacial score (nSPS) is 10.1. The maximum Gasteiger partial charge on any atom is 0.306 e. The lowest BCUT2D eigenvalue weighted by atomic mass is 10.1. The Labute approximate surface area is 138 Å². The Morgan fingerprint density at radius 2 is 1.74 bits per heavy atom. The number of ether oxygens (including phenoxy) is 1. The molecule has 0 fully saturated rings. The molecule has 0 saturated heterocycles. The third-order valence-corrected chi connectivity index (χ3v) is 3.45. The maximum absolute atomic E-state index is 11.7. The summed E-state index contributed by atoms with van der Waals surface area (Å²) >= 11 is 1.46. The highest BCUT2D eigenvalue weighted by Crippen LogP contribution is 2.17. The molecule has 0 spiro atoms. The van der Waals surface area contributed by atoms with E-state index in [0.29, 0.717) is 11.6 Å². The highest BCUT2D eigenvalue weighted by molar-refractivity contribution is 7.98. The summed E-state index contributed by atoms with van der Waals surface area (Å²) in [6, 6.07) is 0. The number of hydrazine groups is 1. The summed E-state index contributed by atoms with van der Waals surface area (Å²) in [5.74, 6) is -1.52. The van der Waals surface area contributed by atoms with Gasteiger partial charge in [0.1, 0.15) is 0 Å². The molecule has 1 aromatic heterocycles. The predicted molar refractivity (Wildman–Crippen MR) is 84.5 cm³/mol. The molecule has 8 nitrogen and oxygen atoms in total. The minimum absolute atomic E-state index is 0.122. The molecule has 0 aliphatic carbocycles. The van der Waals surface area contributed by atoms with Gasteiger partial charge in [0.15, 0.2) is 11.8 Å². The Bertz CT molecular complexity index is 583. The first-order valence-electron chi connectivity index (χ1n) is 6.92. The summed E-state index contributed by atoms with van der Waals surface area (Å²) in [6.45, 7) is 4.55. The number of carbonyl (C=O) groups is 3. The second-order valence-corrected chi connectivity index (χ2v) is 5.52. The fourth-order valence-electron chi connectivity index (χ4n) is 1.80. The number of aryl methyl sites for hydroxylation is 2. The molecule has 0 aliphatic rings. The zero-order chi connectivity index (χ0) is 17.4. The smallest absolute Gasteiger partial charge is 0.306 e. The molecule has 126 valence electrons. The molecule has 2 amide bonds. The van der Waals surface area contributed by atoms with Crippen molar-refractivity contribution in [2.75, 3.05) is 12.9 Å². The zero-order valence-electron chi connectivity index (χ0n) is 13.6. The van der Waals surface area contributed by atoms with Crippen molar-refractivity contribution in [1.82, 2.24) is 20.8 Å². The molecule has 1 heterocycles. The summed E-state index contributed by atoms with van der Waals surface area (Å²) in [5.41, 5.74) is 6.78. The van der Waals surface area contributed by atoms with Crippen LogP contribution in [0.4, 0.5) is 0 Å². The molecule has 0 unspecified atom stereocenters. The van der Waals surface area contributed by atoms with Crippen molar-refractivity contribution < 1.29 is 19.1 Å². The van der Waals surface area contributed by atoms with Gasteiger partial charge in [-0.25, -0.2) is 9.97 Å². The summed E-state index contributed by atoms with van der Waals surface area (Å²) in [6.07, 6.45) is 2.47. The summed E-state index contributed by atoms with van der Waals surface area (Å²) < 4.78 is 4.84. The van der Waals surface area contributed by atoms with E-state index in [9.17, 15) is 14.4 Å². The molecule has 0 aromatic carbocycles. The lowest BCUT2D eigenvalue weighted by molar-refractivity contribution is -0.148. The van der Waals surface area contributed by atoms with Gasteiger partial charge in [-0.2, -0.15) is 0 Å². The summed E-state index contributed by atoms with van der Waals surface area (Å²) in [4.78, 5) is 42.2. The molecule has 0 aliphatic heterocycles. The van der Waals surface area contributed by atoms with Crippen LogP contribution >= 0.6 is 11.8 Å². The van der Waals surface area contributed by atoms with Crippen LogP contribution in [0.25, 0.3) is 0 Å². The molecule has 1 rings (SSSR count). The lowest BCUT2D eigenvalue weighted by Crippen LogP contribution is -2.42. The highest BCUT2D eigenvalue weighted by Gasteiger charge is 2.12. The number of hydrogen-bond acceptors (Lipinski definition) is 7. The largest absolute Gasteiger partial charge is 0.455 e. The minimum Gasteiger partial charge on any atom is -0.455 e. The van der Waals surface area contributed by atoms with E-state index in [1.165, 1.54) is 18.7 Å². The summed E-state index contributed by atoms with van der Waals surface area (Å²) in [5, 5.41) is 0.695. The van der Waals surface area contributed by atoms with E-state index in [2.05, 4.69) is 20.8 Å². The van der Waals surface area contributed by atoms with Gasteiger partial charge in [-0.15, -0.1) is 0 Å². The Kier molecular flexibility index (Phi) is 7.46. The standard InChI is InChI=1S/C14H20N4O4S/c1-8-11(9(2)16-14(15-8)23-4)5-6-13(21)22-7-12(20)18-17-10(3)19/h5-7H2,1-4H3,(H,17,19)(H,18,20). The molecule has 1 aromatic rings. The average Bonchev–Trinajstić information content (AvgIpc) is 2.49. The van der Waals surface area contributed by atoms with Crippen molar-refractivity contribution >= 4 is 29.5 Å². The first-order chi connectivity index (χ1) is 10.8. The van der Waals surface area contributed by atoms with Crippen LogP contribution in [-0.2, 0) is 25.5 Å². The molecular weight excluding hydrogens is 320 g/mol. The van der Waals surface area contributed by atoms with Gasteiger partial charge >= 0.3 is 5.97 Å². The number of amides is 2. The molecule has 23 heavy (non-hydrogen) atoms. The van der Waals surface area contributed by atoms with Gasteiger partial charge in [-0.05, 0) is 32.1 Å². The van der Waals surface area contributed by atoms with E-state index in [0.717, 1.165) is 17.0 Å². The van der Waals surface area contributed by atoms with Crippen LogP contribution in [0, 0.1) is 13.8 Å². The fraction of sp³-hybridized carbons (Fsp3) is 0.500.